The molecule has 106 valence electrons. The van der Waals surface area contributed by atoms with Crippen molar-refractivity contribution in [3.63, 3.8) is 0 Å². The molecule has 3 nitrogen and oxygen atoms in total. The van der Waals surface area contributed by atoms with E-state index < -0.39 is 11.6 Å². The van der Waals surface area contributed by atoms with E-state index >= 15 is 0 Å². The molecule has 0 aliphatic carbocycles. The third-order valence-electron chi connectivity index (χ3n) is 3.48. The quantitative estimate of drug-likeness (QED) is 0.933. The highest BCUT2D eigenvalue weighted by atomic mass is 19.2. The molecule has 2 heterocycles. The van der Waals surface area contributed by atoms with Crippen LogP contribution in [0.2, 0.25) is 0 Å². The van der Waals surface area contributed by atoms with E-state index in [2.05, 4.69) is 5.32 Å². The summed E-state index contributed by atoms with van der Waals surface area (Å²) >= 11 is 0. The van der Waals surface area contributed by atoms with Crippen molar-refractivity contribution in [3.8, 4) is 0 Å². The molecule has 0 bridgehead atoms. The van der Waals surface area contributed by atoms with Gasteiger partial charge in [0.2, 0.25) is 0 Å². The first-order valence-electron chi connectivity index (χ1n) is 6.56. The van der Waals surface area contributed by atoms with E-state index in [0.29, 0.717) is 18.7 Å². The molecule has 1 saturated heterocycles. The number of hydrogen-bond donors (Lipinski definition) is 1. The predicted molar refractivity (Wildman–Crippen MR) is 69.0 cm³/mol. The van der Waals surface area contributed by atoms with Gasteiger partial charge < -0.3 is 14.5 Å². The zero-order chi connectivity index (χ0) is 13.9. The molecular weight excluding hydrogens is 264 g/mol. The molecule has 1 aromatic carbocycles. The minimum Gasteiger partial charge on any atom is -0.468 e. The predicted octanol–water partition coefficient (Wildman–Crippen LogP) is 3.18. The lowest BCUT2D eigenvalue weighted by atomic mass is 10.0. The molecule has 0 saturated carbocycles. The Hall–Kier alpha value is -1.72. The summed E-state index contributed by atoms with van der Waals surface area (Å²) in [6.45, 7) is 1.18. The molecule has 1 aromatic heterocycles. The van der Waals surface area contributed by atoms with Gasteiger partial charge in [0.05, 0.1) is 18.9 Å². The molecule has 3 rings (SSSR count). The van der Waals surface area contributed by atoms with Crippen LogP contribution in [0.1, 0.15) is 23.8 Å². The molecular formula is C15H15F2NO2. The minimum atomic E-state index is -0.845. The van der Waals surface area contributed by atoms with E-state index in [1.807, 2.05) is 12.1 Å². The van der Waals surface area contributed by atoms with Crippen LogP contribution < -0.4 is 5.32 Å². The van der Waals surface area contributed by atoms with Gasteiger partial charge in [-0.25, -0.2) is 8.78 Å². The van der Waals surface area contributed by atoms with E-state index in [9.17, 15) is 8.78 Å². The first-order chi connectivity index (χ1) is 9.74. The minimum absolute atomic E-state index is 0.0601. The Morgan fingerprint density at radius 1 is 1.20 bits per heavy atom. The second-order valence-corrected chi connectivity index (χ2v) is 4.82. The van der Waals surface area contributed by atoms with Crippen molar-refractivity contribution in [1.82, 2.24) is 5.32 Å². The zero-order valence-electron chi connectivity index (χ0n) is 10.8. The van der Waals surface area contributed by atoms with Crippen molar-refractivity contribution in [2.45, 2.75) is 25.1 Å². The average molecular weight is 279 g/mol. The second-order valence-electron chi connectivity index (χ2n) is 4.82. The van der Waals surface area contributed by atoms with Gasteiger partial charge in [-0.15, -0.1) is 0 Å². The molecule has 2 atom stereocenters. The SMILES string of the molecule is Fc1ccc(C2OCCC2NCc2ccco2)cc1F. The fourth-order valence-electron chi connectivity index (χ4n) is 2.46. The van der Waals surface area contributed by atoms with E-state index in [0.717, 1.165) is 18.2 Å². The van der Waals surface area contributed by atoms with Gasteiger partial charge in [-0.3, -0.25) is 0 Å². The van der Waals surface area contributed by atoms with E-state index in [1.54, 1.807) is 12.3 Å². The van der Waals surface area contributed by atoms with Crippen molar-refractivity contribution in [2.24, 2.45) is 0 Å². The monoisotopic (exact) mass is 279 g/mol. The van der Waals surface area contributed by atoms with Crippen LogP contribution in [0, 0.1) is 11.6 Å². The van der Waals surface area contributed by atoms with E-state index in [4.69, 9.17) is 9.15 Å². The van der Waals surface area contributed by atoms with Crippen molar-refractivity contribution in [1.29, 1.82) is 0 Å². The summed E-state index contributed by atoms with van der Waals surface area (Å²) in [4.78, 5) is 0. The van der Waals surface area contributed by atoms with Crippen molar-refractivity contribution in [3.05, 3.63) is 59.6 Å². The lowest BCUT2D eigenvalue weighted by Crippen LogP contribution is -2.31. The Morgan fingerprint density at radius 3 is 2.85 bits per heavy atom. The molecule has 1 aliphatic rings. The van der Waals surface area contributed by atoms with Crippen molar-refractivity contribution < 1.29 is 17.9 Å². The van der Waals surface area contributed by atoms with E-state index in [1.165, 1.54) is 6.07 Å². The largest absolute Gasteiger partial charge is 0.468 e. The van der Waals surface area contributed by atoms with Crippen LogP contribution in [0.25, 0.3) is 0 Å². The number of rotatable bonds is 4. The summed E-state index contributed by atoms with van der Waals surface area (Å²) in [7, 11) is 0. The summed E-state index contributed by atoms with van der Waals surface area (Å²) in [5, 5.41) is 3.33. The van der Waals surface area contributed by atoms with Crippen molar-refractivity contribution >= 4 is 0 Å². The Labute approximate surface area is 115 Å². The maximum absolute atomic E-state index is 13.3. The number of nitrogens with one attached hydrogen (secondary N) is 1. The molecule has 2 unspecified atom stereocenters. The Morgan fingerprint density at radius 2 is 2.10 bits per heavy atom. The van der Waals surface area contributed by atoms with Crippen LogP contribution in [0.3, 0.4) is 0 Å². The smallest absolute Gasteiger partial charge is 0.159 e. The molecule has 5 heteroatoms. The first kappa shape index (κ1) is 13.3. The molecule has 2 aromatic rings. The molecule has 1 fully saturated rings. The van der Waals surface area contributed by atoms with Gasteiger partial charge in [-0.1, -0.05) is 6.07 Å². The molecule has 0 radical (unpaired) electrons. The Balaban J connectivity index is 1.69. The number of furan rings is 1. The zero-order valence-corrected chi connectivity index (χ0v) is 10.8. The fraction of sp³-hybridized carbons (Fsp3) is 0.333. The maximum Gasteiger partial charge on any atom is 0.159 e. The first-order valence-corrected chi connectivity index (χ1v) is 6.56. The number of benzene rings is 1. The van der Waals surface area contributed by atoms with Crippen LogP contribution >= 0.6 is 0 Å². The number of hydrogen-bond acceptors (Lipinski definition) is 3. The summed E-state index contributed by atoms with van der Waals surface area (Å²) < 4.78 is 37.2. The summed E-state index contributed by atoms with van der Waals surface area (Å²) in [6.07, 6.45) is 2.18. The van der Waals surface area contributed by atoms with Crippen LogP contribution in [-0.4, -0.2) is 12.6 Å². The highest BCUT2D eigenvalue weighted by Gasteiger charge is 2.30. The van der Waals surface area contributed by atoms with Gasteiger partial charge >= 0.3 is 0 Å². The lowest BCUT2D eigenvalue weighted by Gasteiger charge is -2.20. The normalized spacial score (nSPS) is 22.3. The van der Waals surface area contributed by atoms with E-state index in [-0.39, 0.29) is 12.1 Å². The summed E-state index contributed by atoms with van der Waals surface area (Å²) in [6, 6.07) is 7.67. The number of halogens is 2. The average Bonchev–Trinajstić information content (AvgIpc) is 3.10. The van der Waals surface area contributed by atoms with Gasteiger partial charge in [-0.2, -0.15) is 0 Å². The summed E-state index contributed by atoms with van der Waals surface area (Å²) in [5.74, 6) is -0.851. The van der Waals surface area contributed by atoms with Crippen LogP contribution in [-0.2, 0) is 11.3 Å². The van der Waals surface area contributed by atoms with Crippen LogP contribution in [0.4, 0.5) is 8.78 Å². The van der Waals surface area contributed by atoms with Crippen molar-refractivity contribution in [2.75, 3.05) is 6.61 Å². The third-order valence-corrected chi connectivity index (χ3v) is 3.48. The van der Waals surface area contributed by atoms with Gasteiger partial charge in [0, 0.05) is 12.6 Å². The third kappa shape index (κ3) is 2.73. The molecule has 0 amide bonds. The summed E-state index contributed by atoms with van der Waals surface area (Å²) in [5.41, 5.74) is 0.651. The standard InChI is InChI=1S/C15H15F2NO2/c16-12-4-3-10(8-13(12)17)15-14(5-7-20-15)18-9-11-2-1-6-19-11/h1-4,6,8,14-15,18H,5,7,9H2. The second kappa shape index (κ2) is 5.73. The van der Waals surface area contributed by atoms with Crippen LogP contribution in [0.15, 0.2) is 41.0 Å². The highest BCUT2D eigenvalue weighted by Crippen LogP contribution is 2.30. The van der Waals surface area contributed by atoms with Gasteiger partial charge in [0.25, 0.3) is 0 Å². The van der Waals surface area contributed by atoms with Gasteiger partial charge in [0.1, 0.15) is 5.76 Å². The van der Waals surface area contributed by atoms with Crippen LogP contribution in [0.5, 0.6) is 0 Å². The Kier molecular flexibility index (Phi) is 3.80. The topological polar surface area (TPSA) is 34.4 Å². The lowest BCUT2D eigenvalue weighted by molar-refractivity contribution is 0.0977. The maximum atomic E-state index is 13.3. The molecule has 0 spiro atoms. The van der Waals surface area contributed by atoms with Gasteiger partial charge in [0.15, 0.2) is 11.6 Å². The molecule has 20 heavy (non-hydrogen) atoms. The highest BCUT2D eigenvalue weighted by molar-refractivity contribution is 5.22. The number of ether oxygens (including phenoxy) is 1. The fourth-order valence-corrected chi connectivity index (χ4v) is 2.46. The van der Waals surface area contributed by atoms with Gasteiger partial charge in [-0.05, 0) is 36.2 Å². The molecule has 1 aliphatic heterocycles. The molecule has 1 N–H and O–H groups in total. The Bertz CT molecular complexity index is 571.